The molecule has 0 aliphatic carbocycles. The smallest absolute Gasteiger partial charge is 0.306 e. The number of carbonyl (C=O) groups excluding carboxylic acids is 2. The average molecular weight is 890 g/mol. The molecule has 1 unspecified atom stereocenters. The molecule has 0 heterocycles. The zero-order chi connectivity index (χ0) is 45.7. The number of nitrogens with zero attached hydrogens (tertiary/aromatic N) is 1. The van der Waals surface area contributed by atoms with Crippen molar-refractivity contribution in [3.8, 4) is 0 Å². The highest BCUT2D eigenvalue weighted by Gasteiger charge is 2.21. The summed E-state index contributed by atoms with van der Waals surface area (Å²) in [7, 11) is 1.13. The number of hydrogen-bond acceptors (Lipinski definition) is 8. The molecule has 0 saturated heterocycles. The molecule has 10 heteroatoms. The molecular weight excluding hydrogens is 798 g/mol. The Balaban J connectivity index is 4.36. The van der Waals surface area contributed by atoms with Crippen LogP contribution in [0.4, 0.5) is 0 Å². The van der Waals surface area contributed by atoms with Gasteiger partial charge in [-0.05, 0) is 83.5 Å². The zero-order valence-electron chi connectivity index (χ0n) is 40.3. The van der Waals surface area contributed by atoms with Crippen molar-refractivity contribution in [3.05, 3.63) is 72.9 Å². The van der Waals surface area contributed by atoms with Crippen molar-refractivity contribution in [2.75, 3.05) is 47.5 Å². The van der Waals surface area contributed by atoms with Gasteiger partial charge in [-0.1, -0.05) is 170 Å². The third-order valence-corrected chi connectivity index (χ3v) is 11.2. The van der Waals surface area contributed by atoms with E-state index in [1.807, 2.05) is 21.1 Å². The first-order valence-corrected chi connectivity index (χ1v) is 26.1. The Hall–Kier alpha value is -2.55. The van der Waals surface area contributed by atoms with Gasteiger partial charge in [0.2, 0.25) is 0 Å². The molecule has 0 aliphatic heterocycles. The highest BCUT2D eigenvalue weighted by molar-refractivity contribution is 7.45. The fourth-order valence-electron chi connectivity index (χ4n) is 6.38. The average Bonchev–Trinajstić information content (AvgIpc) is 3.23. The van der Waals surface area contributed by atoms with Gasteiger partial charge in [0.25, 0.3) is 7.82 Å². The molecule has 0 aromatic rings. The lowest BCUT2D eigenvalue weighted by molar-refractivity contribution is -0.870. The molecule has 358 valence electrons. The fraction of sp³-hybridized carbons (Fsp3) is 0.731. The van der Waals surface area contributed by atoms with Gasteiger partial charge in [-0.2, -0.15) is 0 Å². The molecule has 0 aliphatic rings. The van der Waals surface area contributed by atoms with E-state index in [1.54, 1.807) is 0 Å². The minimum atomic E-state index is -4.64. The Labute approximate surface area is 380 Å². The van der Waals surface area contributed by atoms with Crippen LogP contribution in [0.2, 0.25) is 0 Å². The summed E-state index contributed by atoms with van der Waals surface area (Å²) in [6, 6.07) is 0. The van der Waals surface area contributed by atoms with Gasteiger partial charge in [-0.15, -0.1) is 0 Å². The number of unbranched alkanes of at least 4 members (excludes halogenated alkanes) is 18. The van der Waals surface area contributed by atoms with Gasteiger partial charge in [0, 0.05) is 12.8 Å². The molecule has 0 bridgehead atoms. The molecule has 2 atom stereocenters. The molecule has 0 rings (SSSR count). The van der Waals surface area contributed by atoms with Crippen LogP contribution < -0.4 is 4.89 Å². The third kappa shape index (κ3) is 46.9. The number of esters is 2. The van der Waals surface area contributed by atoms with E-state index < -0.39 is 32.5 Å². The van der Waals surface area contributed by atoms with Crippen LogP contribution in [-0.4, -0.2) is 70.0 Å². The molecule has 0 N–H and O–H groups in total. The lowest BCUT2D eigenvalue weighted by atomic mass is 10.1. The van der Waals surface area contributed by atoms with Crippen LogP contribution in [-0.2, 0) is 32.7 Å². The number of hydrogen-bond donors (Lipinski definition) is 0. The Kier molecular flexibility index (Phi) is 41.9. The van der Waals surface area contributed by atoms with E-state index in [0.717, 1.165) is 77.0 Å². The molecule has 0 fully saturated rings. The topological polar surface area (TPSA) is 111 Å². The highest BCUT2D eigenvalue weighted by atomic mass is 31.2. The maximum Gasteiger partial charge on any atom is 0.306 e. The second kappa shape index (κ2) is 43.7. The van der Waals surface area contributed by atoms with Crippen molar-refractivity contribution in [1.82, 2.24) is 0 Å². The minimum absolute atomic E-state index is 0.0411. The zero-order valence-corrected chi connectivity index (χ0v) is 41.2. The number of quaternary nitrogens is 1. The second-order valence-corrected chi connectivity index (χ2v) is 18.9. The maximum absolute atomic E-state index is 12.7. The number of carbonyl (C=O) groups is 2. The van der Waals surface area contributed by atoms with Gasteiger partial charge in [0.15, 0.2) is 6.10 Å². The van der Waals surface area contributed by atoms with Gasteiger partial charge in [0.05, 0.1) is 27.7 Å². The Bertz CT molecular complexity index is 1280. The van der Waals surface area contributed by atoms with Crippen molar-refractivity contribution in [3.63, 3.8) is 0 Å². The van der Waals surface area contributed by atoms with E-state index in [1.165, 1.54) is 83.5 Å². The van der Waals surface area contributed by atoms with Gasteiger partial charge in [0.1, 0.15) is 19.8 Å². The van der Waals surface area contributed by atoms with Crippen LogP contribution in [0.1, 0.15) is 194 Å². The molecular formula is C52H92NO8P. The largest absolute Gasteiger partial charge is 0.756 e. The summed E-state index contributed by atoms with van der Waals surface area (Å²) in [6.45, 7) is 4.07. The van der Waals surface area contributed by atoms with Gasteiger partial charge in [-0.3, -0.25) is 14.2 Å². The summed E-state index contributed by atoms with van der Waals surface area (Å²) in [4.78, 5) is 37.7. The fourth-order valence-corrected chi connectivity index (χ4v) is 7.11. The number of likely N-dealkylation sites (N-methyl/N-ethyl adjacent to an activating group) is 1. The Morgan fingerprint density at radius 2 is 0.919 bits per heavy atom. The van der Waals surface area contributed by atoms with Crippen molar-refractivity contribution < 1.29 is 42.1 Å². The number of rotatable bonds is 44. The molecule has 0 amide bonds. The highest BCUT2D eigenvalue weighted by Crippen LogP contribution is 2.38. The first kappa shape index (κ1) is 59.5. The molecule has 0 radical (unpaired) electrons. The van der Waals surface area contributed by atoms with Crippen molar-refractivity contribution in [2.45, 2.75) is 200 Å². The van der Waals surface area contributed by atoms with Crippen LogP contribution in [0.3, 0.4) is 0 Å². The lowest BCUT2D eigenvalue weighted by Gasteiger charge is -2.28. The normalized spacial score (nSPS) is 14.1. The van der Waals surface area contributed by atoms with E-state index in [0.29, 0.717) is 17.4 Å². The number of allylic oxidation sites excluding steroid dienone is 12. The van der Waals surface area contributed by atoms with Crippen LogP contribution in [0, 0.1) is 0 Å². The quantitative estimate of drug-likeness (QED) is 0.0195. The standard InChI is InChI=1S/C52H92NO8P/c1-6-8-10-12-14-16-18-20-22-24-26-28-30-32-34-36-38-40-42-44-51(54)58-48-50(49-60-62(56,57)59-47-46-53(3,4)5)61-52(55)45-43-41-39-37-35-33-31-29-27-25-23-21-19-17-15-13-11-9-7-2/h9,11,15,17,20-23,27,29,33,35,50H,6-8,10,12-14,16,18-19,24-26,28,30-32,34,36-49H2,1-5H3/b11-9+,17-15+,22-20+,23-21+,29-27+,35-33+/t50-/m1/s1. The van der Waals surface area contributed by atoms with Crippen LogP contribution in [0.15, 0.2) is 72.9 Å². The first-order chi connectivity index (χ1) is 30.0. The van der Waals surface area contributed by atoms with Gasteiger partial charge < -0.3 is 27.9 Å². The van der Waals surface area contributed by atoms with Crippen molar-refractivity contribution >= 4 is 19.8 Å². The summed E-state index contributed by atoms with van der Waals surface area (Å²) < 4.78 is 34.0. The number of ether oxygens (including phenoxy) is 2. The number of phosphoric ester groups is 1. The number of phosphoric acid groups is 1. The predicted octanol–water partition coefficient (Wildman–Crippen LogP) is 13.9. The van der Waals surface area contributed by atoms with Crippen LogP contribution in [0.5, 0.6) is 0 Å². The molecule has 0 aromatic heterocycles. The van der Waals surface area contributed by atoms with Crippen LogP contribution in [0.25, 0.3) is 0 Å². The third-order valence-electron chi connectivity index (χ3n) is 10.2. The molecule has 0 aromatic carbocycles. The SMILES string of the molecule is CC/C=C/C/C=C/C/C=C/C/C=C/C/C=C/CCCCCC(=O)O[C@H](COC(=O)CCCCCCCCCCC/C=C/CCCCCCCC)COP(=O)([O-])OCC[N+](C)(C)C. The summed E-state index contributed by atoms with van der Waals surface area (Å²) >= 11 is 0. The Morgan fingerprint density at radius 1 is 0.516 bits per heavy atom. The monoisotopic (exact) mass is 890 g/mol. The summed E-state index contributed by atoms with van der Waals surface area (Å²) in [5, 5.41) is 0. The minimum Gasteiger partial charge on any atom is -0.756 e. The van der Waals surface area contributed by atoms with Crippen molar-refractivity contribution in [1.29, 1.82) is 0 Å². The molecule has 62 heavy (non-hydrogen) atoms. The first-order valence-electron chi connectivity index (χ1n) is 24.6. The predicted molar refractivity (Wildman–Crippen MR) is 259 cm³/mol. The Morgan fingerprint density at radius 3 is 1.40 bits per heavy atom. The van der Waals surface area contributed by atoms with E-state index in [9.17, 15) is 19.0 Å². The van der Waals surface area contributed by atoms with Gasteiger partial charge >= 0.3 is 11.9 Å². The summed E-state index contributed by atoms with van der Waals surface area (Å²) in [6.07, 6.45) is 55.0. The molecule has 0 spiro atoms. The second-order valence-electron chi connectivity index (χ2n) is 17.4. The summed E-state index contributed by atoms with van der Waals surface area (Å²) in [5.41, 5.74) is 0. The van der Waals surface area contributed by atoms with E-state index >= 15 is 0 Å². The van der Waals surface area contributed by atoms with Gasteiger partial charge in [-0.25, -0.2) is 0 Å². The molecule has 9 nitrogen and oxygen atoms in total. The van der Waals surface area contributed by atoms with Crippen LogP contribution >= 0.6 is 7.82 Å². The van der Waals surface area contributed by atoms with E-state index in [4.69, 9.17) is 18.5 Å². The van der Waals surface area contributed by atoms with E-state index in [-0.39, 0.29) is 26.1 Å². The van der Waals surface area contributed by atoms with Crippen molar-refractivity contribution in [2.24, 2.45) is 0 Å². The molecule has 0 saturated carbocycles. The summed E-state index contributed by atoms with van der Waals surface area (Å²) in [5.74, 6) is -0.876. The van der Waals surface area contributed by atoms with E-state index in [2.05, 4.69) is 86.8 Å². The lowest BCUT2D eigenvalue weighted by Crippen LogP contribution is -2.37. The maximum atomic E-state index is 12.7.